The van der Waals surface area contributed by atoms with Gasteiger partial charge in [-0.1, -0.05) is 18.2 Å². The highest BCUT2D eigenvalue weighted by Gasteiger charge is 2.14. The van der Waals surface area contributed by atoms with Gasteiger partial charge in [-0.05, 0) is 25.5 Å². The Hall–Kier alpha value is -2.30. The van der Waals surface area contributed by atoms with Gasteiger partial charge in [-0.25, -0.2) is 0 Å². The molecule has 0 aliphatic heterocycles. The van der Waals surface area contributed by atoms with Gasteiger partial charge in [0.05, 0.1) is 18.2 Å². The molecular formula is C16H22N4O. The number of para-hydroxylation sites is 1. The first-order chi connectivity index (χ1) is 10.0. The highest BCUT2D eigenvalue weighted by Crippen LogP contribution is 2.24. The van der Waals surface area contributed by atoms with E-state index >= 15 is 0 Å². The zero-order valence-corrected chi connectivity index (χ0v) is 13.0. The molecule has 21 heavy (non-hydrogen) atoms. The van der Waals surface area contributed by atoms with E-state index in [0.29, 0.717) is 6.42 Å². The SMILES string of the molecule is CNC(=O)Cc1ccccc1NC(C)c1cn(C)nc1C. The molecule has 1 unspecified atom stereocenters. The van der Waals surface area contributed by atoms with Crippen LogP contribution in [0.1, 0.15) is 29.8 Å². The van der Waals surface area contributed by atoms with E-state index < -0.39 is 0 Å². The van der Waals surface area contributed by atoms with Crippen LogP contribution >= 0.6 is 0 Å². The normalized spacial score (nSPS) is 12.0. The van der Waals surface area contributed by atoms with Crippen molar-refractivity contribution >= 4 is 11.6 Å². The summed E-state index contributed by atoms with van der Waals surface area (Å²) >= 11 is 0. The van der Waals surface area contributed by atoms with E-state index in [9.17, 15) is 4.79 Å². The number of aryl methyl sites for hydroxylation is 2. The van der Waals surface area contributed by atoms with Crippen LogP contribution in [-0.4, -0.2) is 22.7 Å². The van der Waals surface area contributed by atoms with Crippen LogP contribution in [0.5, 0.6) is 0 Å². The standard InChI is InChI=1S/C16H22N4O/c1-11(14-10-20(4)19-12(14)2)18-15-8-6-5-7-13(15)9-16(21)17-3/h5-8,10-11,18H,9H2,1-4H3,(H,17,21). The molecule has 0 saturated carbocycles. The van der Waals surface area contributed by atoms with E-state index in [4.69, 9.17) is 0 Å². The van der Waals surface area contributed by atoms with Gasteiger partial charge in [0, 0.05) is 31.5 Å². The Morgan fingerprint density at radius 2 is 2.10 bits per heavy atom. The Bertz CT molecular complexity index is 633. The molecule has 2 aromatic rings. The fourth-order valence-corrected chi connectivity index (χ4v) is 2.43. The molecule has 1 aromatic heterocycles. The highest BCUT2D eigenvalue weighted by molar-refractivity contribution is 5.80. The molecular weight excluding hydrogens is 264 g/mol. The van der Waals surface area contributed by atoms with Crippen LogP contribution in [0.15, 0.2) is 30.5 Å². The van der Waals surface area contributed by atoms with Gasteiger partial charge >= 0.3 is 0 Å². The fourth-order valence-electron chi connectivity index (χ4n) is 2.43. The molecule has 5 heteroatoms. The Kier molecular flexibility index (Phi) is 4.62. The van der Waals surface area contributed by atoms with Crippen molar-refractivity contribution in [2.75, 3.05) is 12.4 Å². The number of benzene rings is 1. The average Bonchev–Trinajstić information content (AvgIpc) is 2.79. The van der Waals surface area contributed by atoms with E-state index in [-0.39, 0.29) is 11.9 Å². The summed E-state index contributed by atoms with van der Waals surface area (Å²) in [7, 11) is 3.57. The summed E-state index contributed by atoms with van der Waals surface area (Å²) in [5.74, 6) is 0.00876. The molecule has 0 saturated heterocycles. The maximum absolute atomic E-state index is 11.6. The summed E-state index contributed by atoms with van der Waals surface area (Å²) < 4.78 is 1.82. The zero-order valence-electron chi connectivity index (χ0n) is 13.0. The predicted octanol–water partition coefficient (Wildman–Crippen LogP) is 2.19. The van der Waals surface area contributed by atoms with Crippen LogP contribution < -0.4 is 10.6 Å². The fraction of sp³-hybridized carbons (Fsp3) is 0.375. The summed E-state index contributed by atoms with van der Waals surface area (Å²) in [5.41, 5.74) is 4.15. The van der Waals surface area contributed by atoms with E-state index in [1.165, 1.54) is 0 Å². The molecule has 0 bridgehead atoms. The Morgan fingerprint density at radius 1 is 1.38 bits per heavy atom. The number of amides is 1. The lowest BCUT2D eigenvalue weighted by molar-refractivity contribution is -0.119. The number of carbonyl (C=O) groups excluding carboxylic acids is 1. The number of anilines is 1. The number of carbonyl (C=O) groups is 1. The molecule has 112 valence electrons. The van der Waals surface area contributed by atoms with Crippen molar-refractivity contribution in [2.24, 2.45) is 7.05 Å². The van der Waals surface area contributed by atoms with Crippen LogP contribution in [0, 0.1) is 6.92 Å². The number of aromatic nitrogens is 2. The van der Waals surface area contributed by atoms with E-state index in [0.717, 1.165) is 22.5 Å². The monoisotopic (exact) mass is 286 g/mol. The minimum atomic E-state index is 0.00876. The van der Waals surface area contributed by atoms with Crippen LogP contribution in [0.4, 0.5) is 5.69 Å². The largest absolute Gasteiger partial charge is 0.378 e. The number of nitrogens with zero attached hydrogens (tertiary/aromatic N) is 2. The Labute approximate surface area is 125 Å². The molecule has 0 radical (unpaired) electrons. The third-order valence-corrected chi connectivity index (χ3v) is 3.54. The molecule has 2 rings (SSSR count). The van der Waals surface area contributed by atoms with Crippen molar-refractivity contribution in [1.82, 2.24) is 15.1 Å². The Morgan fingerprint density at radius 3 is 2.71 bits per heavy atom. The van der Waals surface area contributed by atoms with Gasteiger partial charge in [0.15, 0.2) is 0 Å². The molecule has 0 aliphatic rings. The van der Waals surface area contributed by atoms with E-state index in [1.807, 2.05) is 49.1 Å². The van der Waals surface area contributed by atoms with Crippen molar-refractivity contribution in [3.8, 4) is 0 Å². The molecule has 0 aliphatic carbocycles. The third-order valence-electron chi connectivity index (χ3n) is 3.54. The van der Waals surface area contributed by atoms with Crippen molar-refractivity contribution < 1.29 is 4.79 Å². The van der Waals surface area contributed by atoms with Crippen LogP contribution in [0.25, 0.3) is 0 Å². The minimum absolute atomic E-state index is 0.00876. The smallest absolute Gasteiger partial charge is 0.224 e. The van der Waals surface area contributed by atoms with E-state index in [2.05, 4.69) is 22.7 Å². The first-order valence-corrected chi connectivity index (χ1v) is 7.06. The van der Waals surface area contributed by atoms with Crippen molar-refractivity contribution in [2.45, 2.75) is 26.3 Å². The van der Waals surface area contributed by atoms with Gasteiger partial charge < -0.3 is 10.6 Å². The summed E-state index contributed by atoms with van der Waals surface area (Å²) in [6.45, 7) is 4.10. The maximum Gasteiger partial charge on any atom is 0.224 e. The van der Waals surface area contributed by atoms with Gasteiger partial charge in [-0.15, -0.1) is 0 Å². The van der Waals surface area contributed by atoms with Gasteiger partial charge in [-0.3, -0.25) is 9.48 Å². The lowest BCUT2D eigenvalue weighted by Crippen LogP contribution is -2.21. The maximum atomic E-state index is 11.6. The molecule has 1 heterocycles. The quantitative estimate of drug-likeness (QED) is 0.886. The number of likely N-dealkylation sites (N-methyl/N-ethyl adjacent to an activating group) is 1. The van der Waals surface area contributed by atoms with Crippen molar-refractivity contribution in [3.63, 3.8) is 0 Å². The second-order valence-electron chi connectivity index (χ2n) is 5.22. The first-order valence-electron chi connectivity index (χ1n) is 7.06. The Balaban J connectivity index is 2.19. The van der Waals surface area contributed by atoms with E-state index in [1.54, 1.807) is 7.05 Å². The predicted molar refractivity (Wildman–Crippen MR) is 84.2 cm³/mol. The second-order valence-corrected chi connectivity index (χ2v) is 5.22. The summed E-state index contributed by atoms with van der Waals surface area (Å²) in [4.78, 5) is 11.6. The van der Waals surface area contributed by atoms with Crippen molar-refractivity contribution in [1.29, 1.82) is 0 Å². The molecule has 0 fully saturated rings. The molecule has 1 aromatic carbocycles. The number of rotatable bonds is 5. The average molecular weight is 286 g/mol. The topological polar surface area (TPSA) is 59.0 Å². The molecule has 1 amide bonds. The molecule has 1 atom stereocenters. The van der Waals surface area contributed by atoms with Gasteiger partial charge in [0.25, 0.3) is 0 Å². The lowest BCUT2D eigenvalue weighted by atomic mass is 10.1. The minimum Gasteiger partial charge on any atom is -0.378 e. The van der Waals surface area contributed by atoms with Crippen molar-refractivity contribution in [3.05, 3.63) is 47.3 Å². The van der Waals surface area contributed by atoms with Gasteiger partial charge in [-0.2, -0.15) is 5.10 Å². The zero-order chi connectivity index (χ0) is 15.4. The lowest BCUT2D eigenvalue weighted by Gasteiger charge is -2.17. The van der Waals surface area contributed by atoms with Gasteiger partial charge in [0.1, 0.15) is 0 Å². The van der Waals surface area contributed by atoms with Crippen LogP contribution in [-0.2, 0) is 18.3 Å². The molecule has 5 nitrogen and oxygen atoms in total. The summed E-state index contributed by atoms with van der Waals surface area (Å²) in [5, 5.41) is 10.5. The number of hydrogen-bond acceptors (Lipinski definition) is 3. The third kappa shape index (κ3) is 3.62. The highest BCUT2D eigenvalue weighted by atomic mass is 16.1. The molecule has 0 spiro atoms. The summed E-state index contributed by atoms with van der Waals surface area (Å²) in [6, 6.07) is 8.02. The van der Waals surface area contributed by atoms with Gasteiger partial charge in [0.2, 0.25) is 5.91 Å². The number of hydrogen-bond donors (Lipinski definition) is 2. The second kappa shape index (κ2) is 6.43. The first kappa shape index (κ1) is 15.1. The molecule has 2 N–H and O–H groups in total. The number of nitrogens with one attached hydrogen (secondary N) is 2. The van der Waals surface area contributed by atoms with Crippen LogP contribution in [0.2, 0.25) is 0 Å². The summed E-state index contributed by atoms with van der Waals surface area (Å²) in [6.07, 6.45) is 2.40. The van der Waals surface area contributed by atoms with Crippen LogP contribution in [0.3, 0.4) is 0 Å².